The largest absolute Gasteiger partial charge is 0.377 e. The second-order valence-corrected chi connectivity index (χ2v) is 6.05. The van der Waals surface area contributed by atoms with Gasteiger partial charge in [0.15, 0.2) is 0 Å². The molecule has 124 valence electrons. The van der Waals surface area contributed by atoms with Gasteiger partial charge in [-0.3, -0.25) is 4.79 Å². The Hall–Kier alpha value is -0.790. The predicted octanol–water partition coefficient (Wildman–Crippen LogP) is 5.72. The fourth-order valence-corrected chi connectivity index (χ4v) is 2.61. The summed E-state index contributed by atoms with van der Waals surface area (Å²) in [6, 6.07) is 0. The van der Waals surface area contributed by atoms with Gasteiger partial charge in [0, 0.05) is 19.3 Å². The van der Waals surface area contributed by atoms with E-state index in [-0.39, 0.29) is 0 Å². The van der Waals surface area contributed by atoms with Gasteiger partial charge >= 0.3 is 0 Å². The summed E-state index contributed by atoms with van der Waals surface area (Å²) in [5, 5.41) is 0. The quantitative estimate of drug-likeness (QED) is 0.206. The maximum absolute atomic E-state index is 10.5. The monoisotopic (exact) mass is 295 g/mol. The Morgan fingerprint density at radius 1 is 0.667 bits per heavy atom. The molecule has 0 aromatic heterocycles. The number of hydrogen-bond donors (Lipinski definition) is 0. The molecule has 2 heteroatoms. The van der Waals surface area contributed by atoms with Crippen LogP contribution in [-0.4, -0.2) is 24.3 Å². The third-order valence-electron chi connectivity index (χ3n) is 3.97. The molecule has 0 aromatic carbocycles. The number of aldehydes is 1. The molecule has 0 radical (unpaired) electrons. The van der Waals surface area contributed by atoms with Crippen LogP contribution in [0.2, 0.25) is 0 Å². The van der Waals surface area contributed by atoms with E-state index in [2.05, 4.69) is 18.7 Å². The first kappa shape index (κ1) is 20.2. The van der Waals surface area contributed by atoms with Crippen LogP contribution in [0.5, 0.6) is 0 Å². The van der Waals surface area contributed by atoms with Crippen LogP contribution < -0.4 is 0 Å². The zero-order chi connectivity index (χ0) is 15.6. The minimum atomic E-state index is 0.884. The topological polar surface area (TPSA) is 20.3 Å². The van der Waals surface area contributed by atoms with Crippen molar-refractivity contribution in [2.75, 3.05) is 13.1 Å². The normalized spacial score (nSPS) is 11.1. The Morgan fingerprint density at radius 2 is 1.10 bits per heavy atom. The summed E-state index contributed by atoms with van der Waals surface area (Å²) in [5.74, 6) is 0. The van der Waals surface area contributed by atoms with Gasteiger partial charge in [-0.2, -0.15) is 0 Å². The zero-order valence-electron chi connectivity index (χ0n) is 14.5. The van der Waals surface area contributed by atoms with Gasteiger partial charge < -0.3 is 4.90 Å². The standard InChI is InChI=1S/C19H37NO/c1-3-5-7-9-11-13-16-20(18-15-19-21)17-14-12-10-8-6-4-2/h15,18-19H,3-14,16-17H2,1-2H3/b18-15+. The van der Waals surface area contributed by atoms with Crippen LogP contribution in [0.3, 0.4) is 0 Å². The van der Waals surface area contributed by atoms with E-state index in [0.29, 0.717) is 0 Å². The SMILES string of the molecule is CCCCCCCCN(/C=C/C=O)CCCCCCCC. The summed E-state index contributed by atoms with van der Waals surface area (Å²) in [7, 11) is 0. The summed E-state index contributed by atoms with van der Waals surface area (Å²) in [4.78, 5) is 12.8. The number of hydrogen-bond acceptors (Lipinski definition) is 2. The average Bonchev–Trinajstić information content (AvgIpc) is 2.50. The molecule has 0 amide bonds. The van der Waals surface area contributed by atoms with E-state index < -0.39 is 0 Å². The van der Waals surface area contributed by atoms with Crippen molar-refractivity contribution in [3.63, 3.8) is 0 Å². The van der Waals surface area contributed by atoms with Gasteiger partial charge in [-0.25, -0.2) is 0 Å². The van der Waals surface area contributed by atoms with Crippen molar-refractivity contribution in [1.29, 1.82) is 0 Å². The van der Waals surface area contributed by atoms with Crippen LogP contribution in [-0.2, 0) is 4.79 Å². The lowest BCUT2D eigenvalue weighted by atomic mass is 10.1. The van der Waals surface area contributed by atoms with E-state index in [1.54, 1.807) is 6.08 Å². The summed E-state index contributed by atoms with van der Waals surface area (Å²) < 4.78 is 0. The molecular formula is C19H37NO. The van der Waals surface area contributed by atoms with Gasteiger partial charge in [0.2, 0.25) is 0 Å². The molecular weight excluding hydrogens is 258 g/mol. The first-order valence-corrected chi connectivity index (χ1v) is 9.21. The lowest BCUT2D eigenvalue weighted by Crippen LogP contribution is -2.20. The number of allylic oxidation sites excluding steroid dienone is 1. The highest BCUT2D eigenvalue weighted by molar-refractivity contribution is 5.64. The van der Waals surface area contributed by atoms with Crippen molar-refractivity contribution in [3.05, 3.63) is 12.3 Å². The van der Waals surface area contributed by atoms with Gasteiger partial charge in [-0.1, -0.05) is 78.1 Å². The molecule has 0 N–H and O–H groups in total. The van der Waals surface area contributed by atoms with Crippen molar-refractivity contribution in [3.8, 4) is 0 Å². The molecule has 0 unspecified atom stereocenters. The van der Waals surface area contributed by atoms with E-state index >= 15 is 0 Å². The average molecular weight is 296 g/mol. The Kier molecular flexibility index (Phi) is 16.6. The van der Waals surface area contributed by atoms with Gasteiger partial charge in [-0.15, -0.1) is 0 Å². The fraction of sp³-hybridized carbons (Fsp3) is 0.842. The number of unbranched alkanes of at least 4 members (excludes halogenated alkanes) is 10. The molecule has 0 spiro atoms. The molecule has 0 saturated heterocycles. The molecule has 0 aliphatic heterocycles. The summed E-state index contributed by atoms with van der Waals surface area (Å²) >= 11 is 0. The predicted molar refractivity (Wildman–Crippen MR) is 93.5 cm³/mol. The van der Waals surface area contributed by atoms with Crippen molar-refractivity contribution in [1.82, 2.24) is 4.90 Å². The number of rotatable bonds is 16. The highest BCUT2D eigenvalue weighted by Crippen LogP contribution is 2.09. The number of carbonyl (C=O) groups excluding carboxylic acids is 1. The van der Waals surface area contributed by atoms with Crippen LogP contribution in [0.25, 0.3) is 0 Å². The molecule has 0 fully saturated rings. The highest BCUT2D eigenvalue weighted by atomic mass is 16.1. The molecule has 0 rings (SSSR count). The van der Waals surface area contributed by atoms with Crippen molar-refractivity contribution in [2.45, 2.75) is 90.9 Å². The minimum Gasteiger partial charge on any atom is -0.377 e. The lowest BCUT2D eigenvalue weighted by molar-refractivity contribution is -0.104. The molecule has 0 aliphatic rings. The first-order valence-electron chi connectivity index (χ1n) is 9.21. The molecule has 2 nitrogen and oxygen atoms in total. The Bertz CT molecular complexity index is 222. The Balaban J connectivity index is 3.67. The number of nitrogens with zero attached hydrogens (tertiary/aromatic N) is 1. The lowest BCUT2D eigenvalue weighted by Gasteiger charge is -2.20. The van der Waals surface area contributed by atoms with E-state index in [4.69, 9.17) is 0 Å². The van der Waals surface area contributed by atoms with E-state index in [0.717, 1.165) is 19.4 Å². The third-order valence-corrected chi connectivity index (χ3v) is 3.97. The van der Waals surface area contributed by atoms with E-state index in [1.807, 2.05) is 6.20 Å². The number of carbonyl (C=O) groups is 1. The summed E-state index contributed by atoms with van der Waals surface area (Å²) in [5.41, 5.74) is 0. The maximum atomic E-state index is 10.5. The van der Waals surface area contributed by atoms with Crippen LogP contribution in [0.4, 0.5) is 0 Å². The van der Waals surface area contributed by atoms with Crippen molar-refractivity contribution < 1.29 is 4.79 Å². The zero-order valence-corrected chi connectivity index (χ0v) is 14.5. The van der Waals surface area contributed by atoms with Crippen molar-refractivity contribution >= 4 is 6.29 Å². The van der Waals surface area contributed by atoms with Crippen LogP contribution in [0.1, 0.15) is 90.9 Å². The van der Waals surface area contributed by atoms with Gasteiger partial charge in [0.1, 0.15) is 6.29 Å². The van der Waals surface area contributed by atoms with Gasteiger partial charge in [-0.05, 0) is 18.9 Å². The molecule has 0 saturated carbocycles. The minimum absolute atomic E-state index is 0.884. The molecule has 0 aromatic rings. The van der Waals surface area contributed by atoms with Gasteiger partial charge in [0.05, 0.1) is 0 Å². The maximum Gasteiger partial charge on any atom is 0.144 e. The van der Waals surface area contributed by atoms with Crippen molar-refractivity contribution in [2.24, 2.45) is 0 Å². The smallest absolute Gasteiger partial charge is 0.144 e. The van der Waals surface area contributed by atoms with Crippen LogP contribution in [0.15, 0.2) is 12.3 Å². The summed E-state index contributed by atoms with van der Waals surface area (Å²) in [6.45, 7) is 6.72. The second-order valence-electron chi connectivity index (χ2n) is 6.05. The molecule has 0 aliphatic carbocycles. The van der Waals surface area contributed by atoms with E-state index in [1.165, 1.54) is 77.0 Å². The fourth-order valence-electron chi connectivity index (χ4n) is 2.61. The molecule has 21 heavy (non-hydrogen) atoms. The first-order chi connectivity index (χ1) is 10.3. The molecule has 0 bridgehead atoms. The Morgan fingerprint density at radius 3 is 1.52 bits per heavy atom. The van der Waals surface area contributed by atoms with E-state index in [9.17, 15) is 4.79 Å². The summed E-state index contributed by atoms with van der Waals surface area (Å²) in [6.07, 6.45) is 20.5. The van der Waals surface area contributed by atoms with Gasteiger partial charge in [0.25, 0.3) is 0 Å². The Labute approximate surface area is 133 Å². The van der Waals surface area contributed by atoms with Crippen LogP contribution >= 0.6 is 0 Å². The van der Waals surface area contributed by atoms with Crippen LogP contribution in [0, 0.1) is 0 Å². The second kappa shape index (κ2) is 17.3. The third kappa shape index (κ3) is 15.4. The molecule has 0 atom stereocenters. The highest BCUT2D eigenvalue weighted by Gasteiger charge is 2.00. The molecule has 0 heterocycles.